The number of hydrogen-bond donors (Lipinski definition) is 2. The maximum atomic E-state index is 12.5. The Kier molecular flexibility index (Phi) is 5.74. The molecule has 0 aromatic heterocycles. The highest BCUT2D eigenvalue weighted by molar-refractivity contribution is 7.91. The summed E-state index contributed by atoms with van der Waals surface area (Å²) in [6.45, 7) is 0.477. The second-order valence-electron chi connectivity index (χ2n) is 5.69. The largest absolute Gasteiger partial charge is 0.416 e. The van der Waals surface area contributed by atoms with Crippen LogP contribution in [0, 0.1) is 0 Å². The molecule has 1 atom stereocenters. The zero-order valence-corrected chi connectivity index (χ0v) is 14.0. The van der Waals surface area contributed by atoms with Gasteiger partial charge in [-0.3, -0.25) is 4.99 Å². The molecule has 0 aliphatic carbocycles. The first-order valence-electron chi connectivity index (χ1n) is 7.53. The molecule has 0 bridgehead atoms. The van der Waals surface area contributed by atoms with Crippen LogP contribution >= 0.6 is 0 Å². The van der Waals surface area contributed by atoms with Crippen LogP contribution in [0.3, 0.4) is 0 Å². The molecule has 134 valence electrons. The highest BCUT2D eigenvalue weighted by Gasteiger charge is 2.30. The number of benzene rings is 1. The van der Waals surface area contributed by atoms with Crippen molar-refractivity contribution in [3.05, 3.63) is 35.4 Å². The summed E-state index contributed by atoms with van der Waals surface area (Å²) in [5.74, 6) is 0.754. The van der Waals surface area contributed by atoms with Gasteiger partial charge in [-0.05, 0) is 30.5 Å². The summed E-state index contributed by atoms with van der Waals surface area (Å²) in [6, 6.07) is 4.86. The summed E-state index contributed by atoms with van der Waals surface area (Å²) in [7, 11) is -1.39. The predicted octanol–water partition coefficient (Wildman–Crippen LogP) is 1.60. The van der Waals surface area contributed by atoms with Gasteiger partial charge in [0, 0.05) is 19.6 Å². The minimum absolute atomic E-state index is 0.0899. The van der Waals surface area contributed by atoms with Crippen LogP contribution < -0.4 is 10.6 Å². The predicted molar refractivity (Wildman–Crippen MR) is 86.7 cm³/mol. The Morgan fingerprint density at radius 1 is 1.29 bits per heavy atom. The number of nitrogens with zero attached hydrogens (tertiary/aromatic N) is 1. The van der Waals surface area contributed by atoms with E-state index in [1.165, 1.54) is 12.1 Å². The minimum atomic E-state index is -4.33. The van der Waals surface area contributed by atoms with Crippen LogP contribution in [0.4, 0.5) is 13.2 Å². The van der Waals surface area contributed by atoms with Gasteiger partial charge in [0.25, 0.3) is 0 Å². The molecule has 1 saturated heterocycles. The Hall–Kier alpha value is -1.77. The van der Waals surface area contributed by atoms with Crippen LogP contribution in [-0.4, -0.2) is 45.5 Å². The second kappa shape index (κ2) is 7.42. The van der Waals surface area contributed by atoms with Crippen molar-refractivity contribution >= 4 is 15.8 Å². The summed E-state index contributed by atoms with van der Waals surface area (Å²) in [5, 5.41) is 6.09. The average Bonchev–Trinajstić information content (AvgIpc) is 2.84. The number of hydrogen-bond acceptors (Lipinski definition) is 3. The van der Waals surface area contributed by atoms with Crippen molar-refractivity contribution in [2.75, 3.05) is 25.1 Å². The zero-order valence-electron chi connectivity index (χ0n) is 13.2. The monoisotopic (exact) mass is 363 g/mol. The van der Waals surface area contributed by atoms with Crippen molar-refractivity contribution in [2.24, 2.45) is 4.99 Å². The van der Waals surface area contributed by atoms with E-state index in [1.807, 2.05) is 0 Å². The Morgan fingerprint density at radius 2 is 1.96 bits per heavy atom. The van der Waals surface area contributed by atoms with Crippen LogP contribution in [0.15, 0.2) is 29.3 Å². The van der Waals surface area contributed by atoms with E-state index in [9.17, 15) is 21.6 Å². The van der Waals surface area contributed by atoms with E-state index in [-0.39, 0.29) is 17.5 Å². The maximum Gasteiger partial charge on any atom is 0.416 e. The lowest BCUT2D eigenvalue weighted by molar-refractivity contribution is -0.137. The Bertz CT molecular complexity index is 685. The molecule has 0 saturated carbocycles. The van der Waals surface area contributed by atoms with Crippen LogP contribution in [0.2, 0.25) is 0 Å². The van der Waals surface area contributed by atoms with E-state index in [4.69, 9.17) is 0 Å². The molecule has 24 heavy (non-hydrogen) atoms. The number of aliphatic imine (C=N–C) groups is 1. The summed E-state index contributed by atoms with van der Waals surface area (Å²) in [5.41, 5.74) is 0.105. The molecule has 1 heterocycles. The Labute approximate surface area is 139 Å². The van der Waals surface area contributed by atoms with Crippen LogP contribution in [0.25, 0.3) is 0 Å². The first-order valence-corrected chi connectivity index (χ1v) is 9.35. The molecule has 1 aliphatic heterocycles. The molecule has 1 fully saturated rings. The quantitative estimate of drug-likeness (QED) is 0.630. The van der Waals surface area contributed by atoms with Crippen molar-refractivity contribution in [3.63, 3.8) is 0 Å². The molecule has 1 aromatic rings. The summed E-state index contributed by atoms with van der Waals surface area (Å²) < 4.78 is 60.3. The molecule has 0 spiro atoms. The fourth-order valence-electron chi connectivity index (χ4n) is 2.48. The van der Waals surface area contributed by atoms with Gasteiger partial charge in [-0.1, -0.05) is 12.1 Å². The Balaban J connectivity index is 1.80. The lowest BCUT2D eigenvalue weighted by Gasteiger charge is -2.16. The third-order valence-electron chi connectivity index (χ3n) is 3.78. The molecule has 1 aromatic carbocycles. The first-order chi connectivity index (χ1) is 11.2. The lowest BCUT2D eigenvalue weighted by Crippen LogP contribution is -2.44. The van der Waals surface area contributed by atoms with Gasteiger partial charge in [0.1, 0.15) is 0 Å². The highest BCUT2D eigenvalue weighted by atomic mass is 32.2. The normalized spacial score (nSPS) is 20.8. The van der Waals surface area contributed by atoms with Crippen molar-refractivity contribution in [3.8, 4) is 0 Å². The molecule has 0 amide bonds. The molecule has 1 aliphatic rings. The van der Waals surface area contributed by atoms with E-state index < -0.39 is 21.6 Å². The summed E-state index contributed by atoms with van der Waals surface area (Å²) >= 11 is 0. The van der Waals surface area contributed by atoms with Crippen molar-refractivity contribution in [1.82, 2.24) is 10.6 Å². The minimum Gasteiger partial charge on any atom is -0.356 e. The molecule has 9 heteroatoms. The van der Waals surface area contributed by atoms with Crippen LogP contribution in [0.1, 0.15) is 17.5 Å². The molecule has 1 unspecified atom stereocenters. The van der Waals surface area contributed by atoms with Gasteiger partial charge < -0.3 is 10.6 Å². The zero-order chi connectivity index (χ0) is 17.8. The molecule has 2 rings (SSSR count). The van der Waals surface area contributed by atoms with E-state index in [2.05, 4.69) is 15.6 Å². The smallest absolute Gasteiger partial charge is 0.356 e. The number of sulfone groups is 1. The third kappa shape index (κ3) is 5.40. The Morgan fingerprint density at radius 3 is 2.46 bits per heavy atom. The number of halogens is 3. The third-order valence-corrected chi connectivity index (χ3v) is 5.55. The average molecular weight is 363 g/mol. The van der Waals surface area contributed by atoms with Gasteiger partial charge >= 0.3 is 6.18 Å². The van der Waals surface area contributed by atoms with E-state index in [0.29, 0.717) is 25.3 Å². The van der Waals surface area contributed by atoms with Gasteiger partial charge in [-0.2, -0.15) is 13.2 Å². The van der Waals surface area contributed by atoms with Crippen molar-refractivity contribution in [1.29, 1.82) is 0 Å². The molecule has 5 nitrogen and oxygen atoms in total. The van der Waals surface area contributed by atoms with Crippen molar-refractivity contribution in [2.45, 2.75) is 25.1 Å². The standard InChI is InChI=1S/C15H20F3N3O2S/c1-19-14(21-13-7-9-24(22,23)10-13)20-8-6-11-2-4-12(5-3-11)15(16,17)18/h2-5,13H,6-10H2,1H3,(H2,19,20,21). The fourth-order valence-corrected chi connectivity index (χ4v) is 4.16. The second-order valence-corrected chi connectivity index (χ2v) is 7.92. The number of alkyl halides is 3. The van der Waals surface area contributed by atoms with Crippen LogP contribution in [0.5, 0.6) is 0 Å². The summed E-state index contributed by atoms with van der Waals surface area (Å²) in [4.78, 5) is 4.03. The van der Waals surface area contributed by atoms with E-state index in [1.54, 1.807) is 7.05 Å². The van der Waals surface area contributed by atoms with Gasteiger partial charge in [-0.25, -0.2) is 8.42 Å². The topological polar surface area (TPSA) is 70.6 Å². The van der Waals surface area contributed by atoms with E-state index >= 15 is 0 Å². The number of rotatable bonds is 4. The van der Waals surface area contributed by atoms with Gasteiger partial charge in [0.05, 0.1) is 17.1 Å². The first kappa shape index (κ1) is 18.6. The number of nitrogens with one attached hydrogen (secondary N) is 2. The number of guanidine groups is 1. The molecule has 0 radical (unpaired) electrons. The SMILES string of the molecule is CN=C(NCCc1ccc(C(F)(F)F)cc1)NC1CCS(=O)(=O)C1. The maximum absolute atomic E-state index is 12.5. The van der Waals surface area contributed by atoms with Gasteiger partial charge in [0.2, 0.25) is 0 Å². The molecule has 2 N–H and O–H groups in total. The highest BCUT2D eigenvalue weighted by Crippen LogP contribution is 2.29. The molecular weight excluding hydrogens is 343 g/mol. The molecular formula is C15H20F3N3O2S. The van der Waals surface area contributed by atoms with Gasteiger partial charge in [0.15, 0.2) is 15.8 Å². The fraction of sp³-hybridized carbons (Fsp3) is 0.533. The van der Waals surface area contributed by atoms with Crippen LogP contribution in [-0.2, 0) is 22.4 Å². The summed E-state index contributed by atoms with van der Waals surface area (Å²) in [6.07, 6.45) is -3.26. The van der Waals surface area contributed by atoms with Gasteiger partial charge in [-0.15, -0.1) is 0 Å². The lowest BCUT2D eigenvalue weighted by atomic mass is 10.1. The van der Waals surface area contributed by atoms with E-state index in [0.717, 1.165) is 17.7 Å². The van der Waals surface area contributed by atoms with Crippen molar-refractivity contribution < 1.29 is 21.6 Å².